The van der Waals surface area contributed by atoms with Gasteiger partial charge in [-0.15, -0.1) is 0 Å². The molecule has 10 heteroatoms. The number of nitrogens with one attached hydrogen (secondary N) is 4. The van der Waals surface area contributed by atoms with Crippen molar-refractivity contribution in [3.63, 3.8) is 0 Å². The molecule has 178 valence electrons. The van der Waals surface area contributed by atoms with Crippen LogP contribution >= 0.6 is 0 Å². The van der Waals surface area contributed by atoms with Gasteiger partial charge in [-0.2, -0.15) is 0 Å². The summed E-state index contributed by atoms with van der Waals surface area (Å²) in [7, 11) is 3.06. The Morgan fingerprint density at radius 2 is 1.49 bits per heavy atom. The van der Waals surface area contributed by atoms with Gasteiger partial charge in [0.15, 0.2) is 11.5 Å². The lowest BCUT2D eigenvalue weighted by molar-refractivity contribution is 0.262. The first kappa shape index (κ1) is 23.3. The zero-order valence-corrected chi connectivity index (χ0v) is 19.5. The van der Waals surface area contributed by atoms with Crippen LogP contribution in [0.3, 0.4) is 0 Å². The number of pyridine rings is 1. The van der Waals surface area contributed by atoms with Crippen molar-refractivity contribution in [3.8, 4) is 11.5 Å². The maximum atomic E-state index is 12.5. The second-order valence-corrected chi connectivity index (χ2v) is 7.45. The summed E-state index contributed by atoms with van der Waals surface area (Å²) in [5.74, 6) is 2.90. The SMILES string of the molecule is COc1cccc(NC(=O)Nc2ccc(Nc3cc(Nc4cc(C)ccn4)ncn3)cc2)c1OC. The van der Waals surface area contributed by atoms with Gasteiger partial charge in [0.1, 0.15) is 23.8 Å². The molecule has 0 unspecified atom stereocenters. The van der Waals surface area contributed by atoms with Gasteiger partial charge in [0.05, 0.1) is 19.9 Å². The topological polar surface area (TPSA) is 122 Å². The van der Waals surface area contributed by atoms with E-state index in [9.17, 15) is 4.79 Å². The molecular formula is C25H25N7O3. The predicted octanol–water partition coefficient (Wildman–Crippen LogP) is 5.33. The quantitative estimate of drug-likeness (QED) is 0.272. The number of anilines is 6. The van der Waals surface area contributed by atoms with Crippen molar-refractivity contribution in [2.45, 2.75) is 6.92 Å². The fourth-order valence-corrected chi connectivity index (χ4v) is 3.28. The third kappa shape index (κ3) is 6.14. The number of carbonyl (C=O) groups excluding carboxylic acids is 1. The molecule has 0 spiro atoms. The fraction of sp³-hybridized carbons (Fsp3) is 0.120. The number of aromatic nitrogens is 3. The van der Waals surface area contributed by atoms with E-state index in [2.05, 4.69) is 36.2 Å². The maximum absolute atomic E-state index is 12.5. The van der Waals surface area contributed by atoms with Gasteiger partial charge >= 0.3 is 6.03 Å². The number of nitrogens with zero attached hydrogens (tertiary/aromatic N) is 3. The van der Waals surface area contributed by atoms with Crippen LogP contribution in [-0.2, 0) is 0 Å². The van der Waals surface area contributed by atoms with E-state index in [1.165, 1.54) is 20.5 Å². The Bertz CT molecular complexity index is 1310. The molecule has 0 radical (unpaired) electrons. The van der Waals surface area contributed by atoms with Crippen LogP contribution in [0.5, 0.6) is 11.5 Å². The Morgan fingerprint density at radius 1 is 0.771 bits per heavy atom. The Hall–Kier alpha value is -4.86. The van der Waals surface area contributed by atoms with Crippen molar-refractivity contribution in [1.82, 2.24) is 15.0 Å². The lowest BCUT2D eigenvalue weighted by Crippen LogP contribution is -2.19. The molecule has 2 aromatic heterocycles. The van der Waals surface area contributed by atoms with Crippen molar-refractivity contribution in [2.75, 3.05) is 35.5 Å². The van der Waals surface area contributed by atoms with Crippen molar-refractivity contribution in [1.29, 1.82) is 0 Å². The van der Waals surface area contributed by atoms with Gasteiger partial charge in [0.2, 0.25) is 0 Å². The number of ether oxygens (including phenoxy) is 2. The Morgan fingerprint density at radius 3 is 2.20 bits per heavy atom. The van der Waals surface area contributed by atoms with Gasteiger partial charge < -0.3 is 30.7 Å². The summed E-state index contributed by atoms with van der Waals surface area (Å²) in [6.07, 6.45) is 3.20. The zero-order valence-electron chi connectivity index (χ0n) is 19.5. The van der Waals surface area contributed by atoms with E-state index < -0.39 is 6.03 Å². The molecule has 2 heterocycles. The third-order valence-electron chi connectivity index (χ3n) is 4.90. The van der Waals surface area contributed by atoms with Gasteiger partial charge in [-0.25, -0.2) is 19.7 Å². The number of hydrogen-bond donors (Lipinski definition) is 4. The number of hydrogen-bond acceptors (Lipinski definition) is 8. The number of rotatable bonds is 8. The Kier molecular flexibility index (Phi) is 7.22. The number of methoxy groups -OCH3 is 2. The highest BCUT2D eigenvalue weighted by molar-refractivity contribution is 6.01. The fourth-order valence-electron chi connectivity index (χ4n) is 3.28. The van der Waals surface area contributed by atoms with Crippen molar-refractivity contribution in [3.05, 3.63) is 78.8 Å². The first-order valence-corrected chi connectivity index (χ1v) is 10.7. The van der Waals surface area contributed by atoms with Crippen molar-refractivity contribution < 1.29 is 14.3 Å². The van der Waals surface area contributed by atoms with Crippen LogP contribution in [0.2, 0.25) is 0 Å². The first-order valence-electron chi connectivity index (χ1n) is 10.7. The molecule has 2 aromatic carbocycles. The molecule has 4 rings (SSSR count). The van der Waals surface area contributed by atoms with Crippen LogP contribution in [0.4, 0.5) is 39.3 Å². The van der Waals surface area contributed by atoms with Crippen LogP contribution in [0, 0.1) is 6.92 Å². The van der Waals surface area contributed by atoms with Gasteiger partial charge in [-0.1, -0.05) is 6.07 Å². The molecule has 0 aliphatic heterocycles. The van der Waals surface area contributed by atoms with E-state index in [0.717, 1.165) is 11.3 Å². The van der Waals surface area contributed by atoms with Gasteiger partial charge in [0, 0.05) is 23.6 Å². The molecule has 0 atom stereocenters. The highest BCUT2D eigenvalue weighted by Gasteiger charge is 2.12. The van der Waals surface area contributed by atoms with Crippen LogP contribution in [0.15, 0.2) is 73.2 Å². The number of benzene rings is 2. The molecule has 35 heavy (non-hydrogen) atoms. The van der Waals surface area contributed by atoms with Crippen molar-refractivity contribution >= 4 is 40.5 Å². The third-order valence-corrected chi connectivity index (χ3v) is 4.90. The molecule has 0 saturated heterocycles. The maximum Gasteiger partial charge on any atom is 0.323 e. The predicted molar refractivity (Wildman–Crippen MR) is 136 cm³/mol. The summed E-state index contributed by atoms with van der Waals surface area (Å²) in [4.78, 5) is 25.2. The lowest BCUT2D eigenvalue weighted by Gasteiger charge is -2.14. The van der Waals surface area contributed by atoms with E-state index in [-0.39, 0.29) is 0 Å². The summed E-state index contributed by atoms with van der Waals surface area (Å²) in [6.45, 7) is 2.00. The summed E-state index contributed by atoms with van der Waals surface area (Å²) < 4.78 is 10.6. The molecule has 0 aliphatic carbocycles. The highest BCUT2D eigenvalue weighted by atomic mass is 16.5. The van der Waals surface area contributed by atoms with Gasteiger partial charge in [-0.3, -0.25) is 0 Å². The average molecular weight is 472 g/mol. The molecule has 0 bridgehead atoms. The minimum Gasteiger partial charge on any atom is -0.493 e. The zero-order chi connectivity index (χ0) is 24.6. The van der Waals surface area contributed by atoms with E-state index in [4.69, 9.17) is 9.47 Å². The minimum atomic E-state index is -0.409. The van der Waals surface area contributed by atoms with E-state index in [1.54, 1.807) is 42.6 Å². The van der Waals surface area contributed by atoms with Crippen LogP contribution < -0.4 is 30.7 Å². The number of urea groups is 1. The molecule has 0 saturated carbocycles. The highest BCUT2D eigenvalue weighted by Crippen LogP contribution is 2.34. The normalized spacial score (nSPS) is 10.3. The van der Waals surface area contributed by atoms with Crippen LogP contribution in [0.1, 0.15) is 5.56 Å². The summed E-state index contributed by atoms with van der Waals surface area (Å²) in [6, 6.07) is 17.7. The first-order chi connectivity index (χ1) is 17.0. The monoisotopic (exact) mass is 471 g/mol. The Labute approximate surface area is 202 Å². The van der Waals surface area contributed by atoms with Crippen LogP contribution in [-0.4, -0.2) is 35.2 Å². The van der Waals surface area contributed by atoms with Gasteiger partial charge in [0.25, 0.3) is 0 Å². The molecule has 0 aliphatic rings. The lowest BCUT2D eigenvalue weighted by atomic mass is 10.2. The number of para-hydroxylation sites is 1. The standard InChI is InChI=1S/C25H25N7O3/c1-16-11-12-26-21(13-16)32-23-14-22(27-15-28-23)29-17-7-9-18(10-8-17)30-25(33)31-19-5-4-6-20(34-2)24(19)35-3/h4-15H,1-3H3,(H2,30,31,33)(H2,26,27,28,29,32). The summed E-state index contributed by atoms with van der Waals surface area (Å²) in [5, 5.41) is 11.9. The number of aryl methyl sites for hydroxylation is 1. The van der Waals surface area contributed by atoms with E-state index in [0.29, 0.717) is 40.3 Å². The molecule has 4 N–H and O–H groups in total. The largest absolute Gasteiger partial charge is 0.493 e. The van der Waals surface area contributed by atoms with E-state index in [1.807, 2.05) is 31.2 Å². The number of carbonyl (C=O) groups is 1. The van der Waals surface area contributed by atoms with E-state index >= 15 is 0 Å². The number of amides is 2. The second kappa shape index (κ2) is 10.8. The van der Waals surface area contributed by atoms with Gasteiger partial charge in [-0.05, 0) is 61.0 Å². The molecule has 10 nitrogen and oxygen atoms in total. The van der Waals surface area contributed by atoms with Crippen LogP contribution in [0.25, 0.3) is 0 Å². The molecular weight excluding hydrogens is 446 g/mol. The minimum absolute atomic E-state index is 0.409. The Balaban J connectivity index is 1.37. The van der Waals surface area contributed by atoms with Crippen molar-refractivity contribution in [2.24, 2.45) is 0 Å². The smallest absolute Gasteiger partial charge is 0.323 e. The average Bonchev–Trinajstić information content (AvgIpc) is 2.85. The summed E-state index contributed by atoms with van der Waals surface area (Å²) in [5.41, 5.74) is 3.01. The summed E-state index contributed by atoms with van der Waals surface area (Å²) >= 11 is 0. The molecule has 4 aromatic rings. The molecule has 2 amide bonds. The molecule has 0 fully saturated rings. The second-order valence-electron chi connectivity index (χ2n) is 7.45.